The number of aromatic nitrogens is 3. The van der Waals surface area contributed by atoms with Gasteiger partial charge in [0.25, 0.3) is 0 Å². The molecule has 0 spiro atoms. The van der Waals surface area contributed by atoms with Crippen molar-refractivity contribution in [2.75, 3.05) is 13.2 Å². The highest BCUT2D eigenvalue weighted by Crippen LogP contribution is 2.12. The van der Waals surface area contributed by atoms with Gasteiger partial charge in [-0.05, 0) is 50.9 Å². The fourth-order valence-electron chi connectivity index (χ4n) is 2.52. The molecule has 21 heavy (non-hydrogen) atoms. The number of pyridine rings is 1. The summed E-state index contributed by atoms with van der Waals surface area (Å²) in [5, 5.41) is 17.0. The van der Waals surface area contributed by atoms with Crippen LogP contribution in [0.15, 0.2) is 18.5 Å². The van der Waals surface area contributed by atoms with Crippen molar-refractivity contribution in [2.45, 2.75) is 40.3 Å². The molecule has 5 heteroatoms. The summed E-state index contributed by atoms with van der Waals surface area (Å²) in [6.07, 6.45) is 4.75. The van der Waals surface area contributed by atoms with Gasteiger partial charge in [-0.3, -0.25) is 9.67 Å². The lowest BCUT2D eigenvalue weighted by Gasteiger charge is -2.08. The van der Waals surface area contributed by atoms with Gasteiger partial charge < -0.3 is 10.4 Å². The molecule has 0 aliphatic heterocycles. The molecular formula is C16H24N4O. The highest BCUT2D eigenvalue weighted by molar-refractivity contribution is 5.25. The number of aliphatic hydroxyl groups is 1. The molecular weight excluding hydrogens is 264 g/mol. The van der Waals surface area contributed by atoms with Crippen molar-refractivity contribution < 1.29 is 5.11 Å². The van der Waals surface area contributed by atoms with E-state index in [1.54, 1.807) is 0 Å². The van der Waals surface area contributed by atoms with E-state index in [0.29, 0.717) is 6.54 Å². The van der Waals surface area contributed by atoms with Gasteiger partial charge in [-0.2, -0.15) is 5.10 Å². The first-order valence-electron chi connectivity index (χ1n) is 7.37. The molecule has 0 radical (unpaired) electrons. The Morgan fingerprint density at radius 3 is 2.81 bits per heavy atom. The summed E-state index contributed by atoms with van der Waals surface area (Å²) in [6, 6.07) is 2.08. The normalized spacial score (nSPS) is 11.0. The van der Waals surface area contributed by atoms with Gasteiger partial charge in [-0.25, -0.2) is 0 Å². The molecule has 0 amide bonds. The lowest BCUT2D eigenvalue weighted by molar-refractivity contribution is 0.267. The Bertz CT molecular complexity index is 592. The number of hydrogen-bond donors (Lipinski definition) is 2. The van der Waals surface area contributed by atoms with Gasteiger partial charge in [0, 0.05) is 30.2 Å². The summed E-state index contributed by atoms with van der Waals surface area (Å²) in [5.41, 5.74) is 5.97. The zero-order valence-corrected chi connectivity index (χ0v) is 13.1. The third-order valence-corrected chi connectivity index (χ3v) is 3.85. The van der Waals surface area contributed by atoms with Crippen LogP contribution in [-0.4, -0.2) is 33.0 Å². The van der Waals surface area contributed by atoms with Crippen LogP contribution in [-0.2, 0) is 19.5 Å². The molecule has 2 rings (SSSR count). The molecule has 0 atom stereocenters. The molecule has 114 valence electrons. The van der Waals surface area contributed by atoms with Gasteiger partial charge in [-0.15, -0.1) is 0 Å². The average molecular weight is 288 g/mol. The van der Waals surface area contributed by atoms with Crippen LogP contribution in [0.4, 0.5) is 0 Å². The van der Waals surface area contributed by atoms with Gasteiger partial charge in [0.2, 0.25) is 0 Å². The molecule has 0 bridgehead atoms. The van der Waals surface area contributed by atoms with E-state index in [4.69, 9.17) is 5.11 Å². The predicted octanol–water partition coefficient (Wildman–Crippen LogP) is 1.53. The van der Waals surface area contributed by atoms with E-state index < -0.39 is 0 Å². The van der Waals surface area contributed by atoms with Gasteiger partial charge in [0.15, 0.2) is 0 Å². The monoisotopic (exact) mass is 288 g/mol. The van der Waals surface area contributed by atoms with E-state index >= 15 is 0 Å². The molecule has 0 aliphatic carbocycles. The standard InChI is InChI=1S/C16H24N4O/c1-12-10-17-6-4-15(12)5-7-18-11-16-13(2)19-20(8-9-21)14(16)3/h4,6,10,18,21H,5,7-9,11H2,1-3H3. The Balaban J connectivity index is 1.88. The highest BCUT2D eigenvalue weighted by atomic mass is 16.3. The van der Waals surface area contributed by atoms with Crippen molar-refractivity contribution in [3.8, 4) is 0 Å². The lowest BCUT2D eigenvalue weighted by Crippen LogP contribution is -2.18. The van der Waals surface area contributed by atoms with Crippen LogP contribution in [0.2, 0.25) is 0 Å². The predicted molar refractivity (Wildman–Crippen MR) is 83.2 cm³/mol. The highest BCUT2D eigenvalue weighted by Gasteiger charge is 2.10. The Kier molecular flexibility index (Phi) is 5.47. The smallest absolute Gasteiger partial charge is 0.0644 e. The molecule has 0 fully saturated rings. The SMILES string of the molecule is Cc1cnccc1CCNCc1c(C)nn(CCO)c1C. The molecule has 0 saturated carbocycles. The number of aryl methyl sites for hydroxylation is 2. The topological polar surface area (TPSA) is 63.0 Å². The first-order chi connectivity index (χ1) is 10.1. The Morgan fingerprint density at radius 1 is 1.29 bits per heavy atom. The molecule has 0 saturated heterocycles. The van der Waals surface area contributed by atoms with Crippen LogP contribution in [0.3, 0.4) is 0 Å². The second-order valence-electron chi connectivity index (χ2n) is 5.33. The summed E-state index contributed by atoms with van der Waals surface area (Å²) in [5.74, 6) is 0. The minimum absolute atomic E-state index is 0.121. The summed E-state index contributed by atoms with van der Waals surface area (Å²) < 4.78 is 1.87. The molecule has 2 heterocycles. The van der Waals surface area contributed by atoms with Crippen molar-refractivity contribution in [3.05, 3.63) is 46.5 Å². The van der Waals surface area contributed by atoms with Gasteiger partial charge in [0.05, 0.1) is 18.8 Å². The number of aliphatic hydroxyl groups excluding tert-OH is 1. The third kappa shape index (κ3) is 3.89. The van der Waals surface area contributed by atoms with E-state index in [-0.39, 0.29) is 6.61 Å². The van der Waals surface area contributed by atoms with Crippen LogP contribution in [0.1, 0.15) is 28.1 Å². The minimum Gasteiger partial charge on any atom is -0.394 e. The molecule has 0 aromatic carbocycles. The van der Waals surface area contributed by atoms with E-state index in [1.165, 1.54) is 16.7 Å². The largest absolute Gasteiger partial charge is 0.394 e. The van der Waals surface area contributed by atoms with Crippen LogP contribution in [0.5, 0.6) is 0 Å². The van der Waals surface area contributed by atoms with Crippen molar-refractivity contribution in [2.24, 2.45) is 0 Å². The van der Waals surface area contributed by atoms with Crippen molar-refractivity contribution in [1.82, 2.24) is 20.1 Å². The van der Waals surface area contributed by atoms with Gasteiger partial charge in [-0.1, -0.05) is 0 Å². The fraction of sp³-hybridized carbons (Fsp3) is 0.500. The summed E-state index contributed by atoms with van der Waals surface area (Å²) in [6.45, 7) is 8.58. The molecule has 2 N–H and O–H groups in total. The van der Waals surface area contributed by atoms with Crippen LogP contribution in [0, 0.1) is 20.8 Å². The Hall–Kier alpha value is -1.72. The third-order valence-electron chi connectivity index (χ3n) is 3.85. The number of hydrogen-bond acceptors (Lipinski definition) is 4. The maximum atomic E-state index is 9.03. The molecule has 0 aliphatic rings. The Morgan fingerprint density at radius 2 is 2.10 bits per heavy atom. The fourth-order valence-corrected chi connectivity index (χ4v) is 2.52. The lowest BCUT2D eigenvalue weighted by atomic mass is 10.1. The number of rotatable bonds is 7. The molecule has 5 nitrogen and oxygen atoms in total. The van der Waals surface area contributed by atoms with E-state index in [2.05, 4.69) is 35.3 Å². The maximum Gasteiger partial charge on any atom is 0.0644 e. The summed E-state index contributed by atoms with van der Waals surface area (Å²) in [7, 11) is 0. The van der Waals surface area contributed by atoms with Crippen molar-refractivity contribution in [3.63, 3.8) is 0 Å². The minimum atomic E-state index is 0.121. The van der Waals surface area contributed by atoms with E-state index in [1.807, 2.05) is 24.0 Å². The zero-order valence-electron chi connectivity index (χ0n) is 13.1. The second kappa shape index (κ2) is 7.33. The average Bonchev–Trinajstić information content (AvgIpc) is 2.73. The van der Waals surface area contributed by atoms with Gasteiger partial charge in [0.1, 0.15) is 0 Å². The molecule has 2 aromatic heterocycles. The van der Waals surface area contributed by atoms with Crippen LogP contribution in [0.25, 0.3) is 0 Å². The van der Waals surface area contributed by atoms with Crippen molar-refractivity contribution in [1.29, 1.82) is 0 Å². The Labute approximate surface area is 126 Å². The van der Waals surface area contributed by atoms with E-state index in [0.717, 1.165) is 30.9 Å². The van der Waals surface area contributed by atoms with Crippen LogP contribution >= 0.6 is 0 Å². The number of nitrogens with one attached hydrogen (secondary N) is 1. The maximum absolute atomic E-state index is 9.03. The quantitative estimate of drug-likeness (QED) is 0.758. The second-order valence-corrected chi connectivity index (χ2v) is 5.33. The zero-order chi connectivity index (χ0) is 15.2. The molecule has 0 unspecified atom stereocenters. The summed E-state index contributed by atoms with van der Waals surface area (Å²) >= 11 is 0. The molecule has 2 aromatic rings. The van der Waals surface area contributed by atoms with Crippen LogP contribution < -0.4 is 5.32 Å². The first-order valence-corrected chi connectivity index (χ1v) is 7.37. The first kappa shape index (κ1) is 15.7. The number of nitrogens with zero attached hydrogens (tertiary/aromatic N) is 3. The van der Waals surface area contributed by atoms with Crippen molar-refractivity contribution >= 4 is 0 Å². The summed E-state index contributed by atoms with van der Waals surface area (Å²) in [4.78, 5) is 4.11. The van der Waals surface area contributed by atoms with Gasteiger partial charge >= 0.3 is 0 Å². The van der Waals surface area contributed by atoms with E-state index in [9.17, 15) is 0 Å².